The summed E-state index contributed by atoms with van der Waals surface area (Å²) in [7, 11) is 0. The molecular weight excluding hydrogens is 462 g/mol. The minimum Gasteiger partial charge on any atom is -0.480 e. The third kappa shape index (κ3) is 8.30. The fourth-order valence-corrected chi connectivity index (χ4v) is 3.86. The second-order valence-electron chi connectivity index (χ2n) is 7.40. The Morgan fingerprint density at radius 2 is 1.62 bits per heavy atom. The smallest absolute Gasteiger partial charge is 0.322 e. The molecule has 0 aliphatic rings. The molecule has 12 heteroatoms. The van der Waals surface area contributed by atoms with Crippen LogP contribution in [0.25, 0.3) is 11.1 Å². The molecule has 0 radical (unpaired) electrons. The number of nitrogen functional groups attached to an aromatic ring is 2. The fraction of sp³-hybridized carbons (Fsp3) is 0.273. The molecule has 0 aromatic heterocycles. The Balaban J connectivity index is 2.12. The lowest BCUT2D eigenvalue weighted by atomic mass is 10.1. The number of hydrogen-bond acceptors (Lipinski definition) is 8. The summed E-state index contributed by atoms with van der Waals surface area (Å²) in [5.74, 6) is -3.71. The fourth-order valence-electron chi connectivity index (χ4n) is 2.83. The Kier molecular flexibility index (Phi) is 9.71. The molecule has 10 N–H and O–H groups in total. The zero-order chi connectivity index (χ0) is 25.3. The molecule has 2 aromatic carbocycles. The molecule has 0 bridgehead atoms. The molecule has 34 heavy (non-hydrogen) atoms. The van der Waals surface area contributed by atoms with Gasteiger partial charge in [-0.1, -0.05) is 18.2 Å². The summed E-state index contributed by atoms with van der Waals surface area (Å²) < 4.78 is 0. The maximum atomic E-state index is 12.5. The lowest BCUT2D eigenvalue weighted by molar-refractivity contribution is -0.139. The van der Waals surface area contributed by atoms with E-state index in [0.29, 0.717) is 16.3 Å². The number of thioether (sulfide) groups is 1. The zero-order valence-electron chi connectivity index (χ0n) is 18.2. The maximum Gasteiger partial charge on any atom is 0.322 e. The van der Waals surface area contributed by atoms with Gasteiger partial charge in [0.25, 0.3) is 0 Å². The van der Waals surface area contributed by atoms with Gasteiger partial charge in [-0.3, -0.25) is 19.2 Å². The maximum absolute atomic E-state index is 12.5. The predicted molar refractivity (Wildman–Crippen MR) is 129 cm³/mol. The summed E-state index contributed by atoms with van der Waals surface area (Å²) >= 11 is 1.21. The number of carbonyl (C=O) groups is 4. The van der Waals surface area contributed by atoms with E-state index in [9.17, 15) is 19.2 Å². The van der Waals surface area contributed by atoms with Crippen molar-refractivity contribution in [1.82, 2.24) is 10.6 Å². The summed E-state index contributed by atoms with van der Waals surface area (Å²) in [6.45, 7) is -0.617. The van der Waals surface area contributed by atoms with Gasteiger partial charge in [-0.2, -0.15) is 0 Å². The standard InChI is InChI=1S/C22H27N5O6S/c23-14-4-1-12(2-5-14)13-3-6-15(24)18(9-13)34-11-17(21(31)26-10-20(29)30)27-19(28)8-7-16(25)22(32)33/h1-6,9,16-17H,7-8,10-11,23-25H2,(H,26,31)(H,27,28)(H,29,30)(H,32,33)/t16-,17-/m0/s1. The number of benzene rings is 2. The van der Waals surface area contributed by atoms with Crippen LogP contribution in [0.2, 0.25) is 0 Å². The van der Waals surface area contributed by atoms with Crippen LogP contribution >= 0.6 is 11.8 Å². The van der Waals surface area contributed by atoms with Gasteiger partial charge >= 0.3 is 11.9 Å². The molecule has 2 aromatic rings. The van der Waals surface area contributed by atoms with Crippen molar-refractivity contribution in [2.45, 2.75) is 29.8 Å². The molecule has 182 valence electrons. The molecule has 2 rings (SSSR count). The number of nitrogens with one attached hydrogen (secondary N) is 2. The van der Waals surface area contributed by atoms with Gasteiger partial charge in [0.1, 0.15) is 18.6 Å². The first kappa shape index (κ1) is 26.5. The third-order valence-electron chi connectivity index (χ3n) is 4.73. The molecule has 0 saturated carbocycles. The van der Waals surface area contributed by atoms with Crippen LogP contribution in [0.15, 0.2) is 47.4 Å². The number of anilines is 2. The highest BCUT2D eigenvalue weighted by Gasteiger charge is 2.23. The van der Waals surface area contributed by atoms with Crippen LogP contribution in [0.5, 0.6) is 0 Å². The normalized spacial score (nSPS) is 12.4. The van der Waals surface area contributed by atoms with Gasteiger partial charge < -0.3 is 38.0 Å². The second-order valence-corrected chi connectivity index (χ2v) is 8.46. The van der Waals surface area contributed by atoms with Crippen molar-refractivity contribution in [2.24, 2.45) is 5.73 Å². The predicted octanol–water partition coefficient (Wildman–Crippen LogP) is 0.488. The summed E-state index contributed by atoms with van der Waals surface area (Å²) in [5.41, 5.74) is 20.1. The van der Waals surface area contributed by atoms with Crippen molar-refractivity contribution in [1.29, 1.82) is 0 Å². The molecule has 2 amide bonds. The second kappa shape index (κ2) is 12.5. The van der Waals surface area contributed by atoms with E-state index in [2.05, 4.69) is 10.6 Å². The number of hydrogen-bond donors (Lipinski definition) is 7. The Labute approximate surface area is 200 Å². The molecule has 0 fully saturated rings. The van der Waals surface area contributed by atoms with Crippen LogP contribution in [0.3, 0.4) is 0 Å². The van der Waals surface area contributed by atoms with Crippen LogP contribution in [0.4, 0.5) is 11.4 Å². The van der Waals surface area contributed by atoms with E-state index in [1.165, 1.54) is 11.8 Å². The number of carboxylic acid groups (broad SMARTS) is 2. The van der Waals surface area contributed by atoms with E-state index >= 15 is 0 Å². The minimum absolute atomic E-state index is 0.0531. The zero-order valence-corrected chi connectivity index (χ0v) is 19.0. The van der Waals surface area contributed by atoms with Crippen molar-refractivity contribution >= 4 is 46.9 Å². The first-order chi connectivity index (χ1) is 16.1. The number of carbonyl (C=O) groups excluding carboxylic acids is 2. The van der Waals surface area contributed by atoms with Crippen molar-refractivity contribution in [3.63, 3.8) is 0 Å². The molecule has 0 unspecified atom stereocenters. The summed E-state index contributed by atoms with van der Waals surface area (Å²) in [6.07, 6.45) is -0.329. The van der Waals surface area contributed by atoms with E-state index in [1.54, 1.807) is 18.2 Å². The van der Waals surface area contributed by atoms with E-state index in [0.717, 1.165) is 11.1 Å². The minimum atomic E-state index is -1.24. The summed E-state index contributed by atoms with van der Waals surface area (Å²) in [6, 6.07) is 10.4. The van der Waals surface area contributed by atoms with Gasteiger partial charge in [0, 0.05) is 28.4 Å². The molecule has 0 aliphatic carbocycles. The molecule has 0 saturated heterocycles. The SMILES string of the molecule is Nc1ccc(-c2ccc(N)c(SC[C@H](NC(=O)CC[C@H](N)C(=O)O)C(=O)NCC(=O)O)c2)cc1. The first-order valence-electron chi connectivity index (χ1n) is 10.2. The number of amides is 2. The van der Waals surface area contributed by atoms with Crippen LogP contribution < -0.4 is 27.8 Å². The van der Waals surface area contributed by atoms with Gasteiger partial charge in [0.15, 0.2) is 0 Å². The number of rotatable bonds is 12. The average molecular weight is 490 g/mol. The number of aliphatic carboxylic acids is 2. The average Bonchev–Trinajstić information content (AvgIpc) is 2.79. The van der Waals surface area contributed by atoms with Gasteiger partial charge in [-0.05, 0) is 41.8 Å². The van der Waals surface area contributed by atoms with E-state index in [-0.39, 0.29) is 18.6 Å². The van der Waals surface area contributed by atoms with Crippen LogP contribution in [-0.4, -0.2) is 58.3 Å². The Hall–Kier alpha value is -3.77. The Morgan fingerprint density at radius 3 is 2.24 bits per heavy atom. The Bertz CT molecular complexity index is 1050. The van der Waals surface area contributed by atoms with Crippen LogP contribution in [-0.2, 0) is 19.2 Å². The quantitative estimate of drug-likeness (QED) is 0.162. The first-order valence-corrected chi connectivity index (χ1v) is 11.2. The Morgan fingerprint density at radius 1 is 0.971 bits per heavy atom. The van der Waals surface area contributed by atoms with Gasteiger partial charge in [-0.25, -0.2) is 0 Å². The highest BCUT2D eigenvalue weighted by atomic mass is 32.2. The van der Waals surface area contributed by atoms with Crippen molar-refractivity contribution < 1.29 is 29.4 Å². The van der Waals surface area contributed by atoms with E-state index in [1.807, 2.05) is 24.3 Å². The lowest BCUT2D eigenvalue weighted by Gasteiger charge is -2.19. The molecule has 2 atom stereocenters. The summed E-state index contributed by atoms with van der Waals surface area (Å²) in [5, 5.41) is 22.4. The van der Waals surface area contributed by atoms with Gasteiger partial charge in [0.05, 0.1) is 0 Å². The molecule has 0 spiro atoms. The molecular formula is C22H27N5O6S. The van der Waals surface area contributed by atoms with Crippen molar-refractivity contribution in [2.75, 3.05) is 23.8 Å². The monoisotopic (exact) mass is 489 g/mol. The highest BCUT2D eigenvalue weighted by Crippen LogP contribution is 2.31. The third-order valence-corrected chi connectivity index (χ3v) is 5.89. The topological polar surface area (TPSA) is 211 Å². The van der Waals surface area contributed by atoms with Crippen LogP contribution in [0.1, 0.15) is 12.8 Å². The van der Waals surface area contributed by atoms with Gasteiger partial charge in [0.2, 0.25) is 11.8 Å². The summed E-state index contributed by atoms with van der Waals surface area (Å²) in [4.78, 5) is 47.1. The molecule has 0 aliphatic heterocycles. The largest absolute Gasteiger partial charge is 0.480 e. The van der Waals surface area contributed by atoms with Crippen molar-refractivity contribution in [3.8, 4) is 11.1 Å². The molecule has 11 nitrogen and oxygen atoms in total. The van der Waals surface area contributed by atoms with Crippen LogP contribution in [0, 0.1) is 0 Å². The lowest BCUT2D eigenvalue weighted by Crippen LogP contribution is -2.49. The van der Waals surface area contributed by atoms with Gasteiger partial charge in [-0.15, -0.1) is 11.8 Å². The van der Waals surface area contributed by atoms with E-state index in [4.69, 9.17) is 27.4 Å². The van der Waals surface area contributed by atoms with E-state index < -0.39 is 42.4 Å². The number of nitrogens with two attached hydrogens (primary N) is 3. The highest BCUT2D eigenvalue weighted by molar-refractivity contribution is 7.99. The molecule has 0 heterocycles. The number of carboxylic acids is 2. The van der Waals surface area contributed by atoms with Crippen molar-refractivity contribution in [3.05, 3.63) is 42.5 Å².